The molecule has 2 N–H and O–H groups in total. The number of benzene rings is 1. The number of hydrogen-bond donors (Lipinski definition) is 2. The summed E-state index contributed by atoms with van der Waals surface area (Å²) in [7, 11) is -7.15. The molecule has 0 radical (unpaired) electrons. The zero-order valence-corrected chi connectivity index (χ0v) is 40.5. The molecule has 1 aromatic carbocycles. The van der Waals surface area contributed by atoms with Gasteiger partial charge in [-0.2, -0.15) is 0 Å². The van der Waals surface area contributed by atoms with Gasteiger partial charge in [-0.15, -0.1) is 0 Å². The molecular formula is C44H74O10Si3. The highest BCUT2D eigenvalue weighted by Crippen LogP contribution is 2.66. The average Bonchev–Trinajstić information content (AvgIpc) is 3.16. The number of ether oxygens (including phenoxy) is 3. The second kappa shape index (κ2) is 16.6. The third-order valence-electron chi connectivity index (χ3n) is 15.2. The number of esters is 2. The largest absolute Gasteiger partial charge is 0.455 e. The number of rotatable bonds is 15. The maximum Gasteiger partial charge on any atom is 0.338 e. The van der Waals surface area contributed by atoms with Gasteiger partial charge in [-0.05, 0) is 86.1 Å². The molecule has 4 aliphatic rings. The van der Waals surface area contributed by atoms with Gasteiger partial charge in [-0.3, -0.25) is 4.79 Å². The van der Waals surface area contributed by atoms with Crippen LogP contribution in [-0.4, -0.2) is 102 Å². The molecule has 3 aliphatic carbocycles. The molecule has 5 rings (SSSR count). The molecule has 1 heterocycles. The first-order valence-corrected chi connectivity index (χ1v) is 30.2. The van der Waals surface area contributed by atoms with Crippen molar-refractivity contribution < 1.29 is 47.3 Å². The third-order valence-corrected chi connectivity index (χ3v) is 25.5. The van der Waals surface area contributed by atoms with Crippen molar-refractivity contribution in [3.8, 4) is 0 Å². The highest BCUT2D eigenvalue weighted by molar-refractivity contribution is 6.74. The van der Waals surface area contributed by atoms with E-state index in [0.29, 0.717) is 12.0 Å². The van der Waals surface area contributed by atoms with Crippen LogP contribution < -0.4 is 0 Å². The van der Waals surface area contributed by atoms with Gasteiger partial charge in [0.2, 0.25) is 0 Å². The Labute approximate surface area is 346 Å². The van der Waals surface area contributed by atoms with E-state index in [9.17, 15) is 19.8 Å². The van der Waals surface area contributed by atoms with E-state index >= 15 is 0 Å². The van der Waals surface area contributed by atoms with E-state index in [1.54, 1.807) is 24.3 Å². The monoisotopic (exact) mass is 846 g/mol. The Kier molecular flexibility index (Phi) is 13.5. The fraction of sp³-hybridized carbons (Fsp3) is 0.773. The van der Waals surface area contributed by atoms with E-state index in [0.717, 1.165) is 47.4 Å². The lowest BCUT2D eigenvalue weighted by atomic mass is 9.44. The number of fused-ring (bicyclic) bond motifs is 5. The fourth-order valence-electron chi connectivity index (χ4n) is 11.2. The standard InChI is InChI=1S/C44H74O10Si3/c1-15-56(16-2,17-3)53-33-26-34-43(28-49-34,51-30(8)45)37-39(50-40(47)31-24-22-21-23-25-31)44(48)27-32(52-55(12,13)14)29(7)35(41(44,9)10)36(38(46)42(33,37)11)54-57(18-4,19-5)20-6/h21-25,32-34,36-39,46,48H,15-20,26-28H2,1-14H3/t32-,33-,34+,36+,37?,38+,39-,42+,43-,44+/m0/s1. The highest BCUT2D eigenvalue weighted by Gasteiger charge is 2.78. The van der Waals surface area contributed by atoms with Crippen molar-refractivity contribution in [2.45, 2.75) is 193 Å². The van der Waals surface area contributed by atoms with Crippen LogP contribution in [0.2, 0.25) is 55.9 Å². The minimum atomic E-state index is -2.49. The average molecular weight is 847 g/mol. The summed E-state index contributed by atoms with van der Waals surface area (Å²) in [4.78, 5) is 28.0. The van der Waals surface area contributed by atoms with E-state index in [4.69, 9.17) is 27.5 Å². The van der Waals surface area contributed by atoms with Gasteiger partial charge in [-0.1, -0.05) is 80.5 Å². The van der Waals surface area contributed by atoms with Crippen LogP contribution in [0, 0.1) is 16.7 Å². The quantitative estimate of drug-likeness (QED) is 0.100. The first-order valence-electron chi connectivity index (χ1n) is 21.8. The Hall–Kier alpha value is -1.69. The van der Waals surface area contributed by atoms with Gasteiger partial charge >= 0.3 is 11.9 Å². The predicted octanol–water partition coefficient (Wildman–Crippen LogP) is 8.79. The predicted molar refractivity (Wildman–Crippen MR) is 231 cm³/mol. The topological polar surface area (TPSA) is 130 Å². The van der Waals surface area contributed by atoms with Crippen LogP contribution in [0.3, 0.4) is 0 Å². The summed E-state index contributed by atoms with van der Waals surface area (Å²) in [5.41, 5.74) is -3.51. The Balaban J connectivity index is 1.94. The van der Waals surface area contributed by atoms with E-state index in [2.05, 4.69) is 68.1 Å². The molecule has 3 fully saturated rings. The van der Waals surface area contributed by atoms with Crippen LogP contribution in [0.25, 0.3) is 0 Å². The SMILES string of the molecule is CC[Si](CC)(CC)O[C@@H]1C2=C(C)[C@@H](O[Si](C)(C)C)C[C@@](O)([C@@H](OC(=O)c3ccccc3)C3[C@@](C)([C@@H](O[Si](CC)(CC)CC)C[C@H]4OC[C@@]34OC(C)=O)[C@@H]1O)C2(C)C. The number of aliphatic hydroxyl groups excluding tert-OH is 1. The molecule has 1 aromatic rings. The van der Waals surface area contributed by atoms with E-state index in [1.165, 1.54) is 6.92 Å². The van der Waals surface area contributed by atoms with Crippen molar-refractivity contribution in [1.82, 2.24) is 0 Å². The van der Waals surface area contributed by atoms with Gasteiger partial charge in [0.1, 0.15) is 17.8 Å². The zero-order valence-electron chi connectivity index (χ0n) is 37.5. The maximum absolute atomic E-state index is 14.6. The van der Waals surface area contributed by atoms with Crippen LogP contribution in [0.4, 0.5) is 0 Å². The molecule has 57 heavy (non-hydrogen) atoms. The zero-order chi connectivity index (χ0) is 42.6. The molecule has 0 spiro atoms. The fourth-order valence-corrected chi connectivity index (χ4v) is 18.1. The molecular weight excluding hydrogens is 773 g/mol. The van der Waals surface area contributed by atoms with Gasteiger partial charge in [0.05, 0.1) is 42.5 Å². The number of hydrogen-bond acceptors (Lipinski definition) is 10. The molecule has 10 nitrogen and oxygen atoms in total. The molecule has 2 bridgehead atoms. The van der Waals surface area contributed by atoms with Crippen molar-refractivity contribution in [2.24, 2.45) is 16.7 Å². The van der Waals surface area contributed by atoms with Gasteiger partial charge in [-0.25, -0.2) is 4.79 Å². The van der Waals surface area contributed by atoms with Crippen molar-refractivity contribution in [1.29, 1.82) is 0 Å². The molecule has 0 amide bonds. The molecule has 2 saturated carbocycles. The lowest BCUT2D eigenvalue weighted by Gasteiger charge is -2.70. The number of aliphatic hydroxyl groups is 2. The summed E-state index contributed by atoms with van der Waals surface area (Å²) in [5, 5.41) is 28.0. The molecule has 1 saturated heterocycles. The van der Waals surface area contributed by atoms with Gasteiger partial charge < -0.3 is 37.7 Å². The molecule has 10 atom stereocenters. The minimum absolute atomic E-state index is 0.0182. The van der Waals surface area contributed by atoms with Gasteiger partial charge in [0.25, 0.3) is 0 Å². The van der Waals surface area contributed by atoms with Crippen molar-refractivity contribution in [2.75, 3.05) is 6.61 Å². The lowest BCUT2D eigenvalue weighted by Crippen LogP contribution is -2.83. The van der Waals surface area contributed by atoms with Crippen LogP contribution in [0.1, 0.15) is 99.4 Å². The lowest BCUT2D eigenvalue weighted by molar-refractivity contribution is -0.363. The third kappa shape index (κ3) is 7.77. The Morgan fingerprint density at radius 3 is 1.88 bits per heavy atom. The van der Waals surface area contributed by atoms with Crippen molar-refractivity contribution >= 4 is 36.9 Å². The highest BCUT2D eigenvalue weighted by atomic mass is 28.4. The van der Waals surface area contributed by atoms with Crippen molar-refractivity contribution in [3.05, 3.63) is 47.0 Å². The Morgan fingerprint density at radius 2 is 1.40 bits per heavy atom. The van der Waals surface area contributed by atoms with E-state index in [-0.39, 0.29) is 13.0 Å². The second-order valence-corrected chi connectivity index (χ2v) is 33.2. The summed E-state index contributed by atoms with van der Waals surface area (Å²) in [6.45, 7) is 28.9. The van der Waals surface area contributed by atoms with Crippen molar-refractivity contribution in [3.63, 3.8) is 0 Å². The molecule has 1 unspecified atom stereocenters. The smallest absolute Gasteiger partial charge is 0.338 e. The van der Waals surface area contributed by atoms with E-state index < -0.39 is 101 Å². The van der Waals surface area contributed by atoms with Crippen LogP contribution in [-0.2, 0) is 32.3 Å². The second-order valence-electron chi connectivity index (χ2n) is 19.3. The summed E-state index contributed by atoms with van der Waals surface area (Å²) >= 11 is 0. The maximum atomic E-state index is 14.6. The Morgan fingerprint density at radius 1 is 0.860 bits per heavy atom. The summed E-state index contributed by atoms with van der Waals surface area (Å²) in [6, 6.07) is 13.9. The normalized spacial score (nSPS) is 35.3. The van der Waals surface area contributed by atoms with Crippen LogP contribution in [0.15, 0.2) is 41.5 Å². The molecule has 0 aromatic heterocycles. The van der Waals surface area contributed by atoms with Gasteiger partial charge in [0, 0.05) is 30.6 Å². The first kappa shape index (κ1) is 46.4. The Bertz CT molecular complexity index is 1620. The molecule has 322 valence electrons. The van der Waals surface area contributed by atoms with E-state index in [1.807, 2.05) is 26.8 Å². The number of carbonyl (C=O) groups excluding carboxylic acids is 2. The summed E-state index contributed by atoms with van der Waals surface area (Å²) < 4.78 is 41.9. The first-order chi connectivity index (χ1) is 26.5. The number of carbonyl (C=O) groups is 2. The minimum Gasteiger partial charge on any atom is -0.455 e. The van der Waals surface area contributed by atoms with Gasteiger partial charge in [0.15, 0.2) is 30.6 Å². The molecule has 13 heteroatoms. The molecule has 1 aliphatic heterocycles. The summed E-state index contributed by atoms with van der Waals surface area (Å²) in [5.74, 6) is -2.10. The van der Waals surface area contributed by atoms with Crippen LogP contribution >= 0.6 is 0 Å². The van der Waals surface area contributed by atoms with Crippen LogP contribution in [0.5, 0.6) is 0 Å². The summed E-state index contributed by atoms with van der Waals surface area (Å²) in [6.07, 6.45) is -4.70.